The van der Waals surface area contributed by atoms with Crippen LogP contribution in [0.2, 0.25) is 0 Å². The van der Waals surface area contributed by atoms with Gasteiger partial charge in [0.25, 0.3) is 0 Å². The number of benzene rings is 1. The molecule has 0 spiro atoms. The number of carboxylic acid groups (broad SMARTS) is 1. The van der Waals surface area contributed by atoms with E-state index >= 15 is 0 Å². The molecule has 0 fully saturated rings. The Morgan fingerprint density at radius 3 is 2.50 bits per heavy atom. The Morgan fingerprint density at radius 1 is 1.18 bits per heavy atom. The Hall–Kier alpha value is -2.63. The van der Waals surface area contributed by atoms with Gasteiger partial charge in [0.15, 0.2) is 0 Å². The molecule has 6 heteroatoms. The smallest absolute Gasteiger partial charge is 0.335 e. The van der Waals surface area contributed by atoms with Crippen LogP contribution in [0.3, 0.4) is 0 Å². The van der Waals surface area contributed by atoms with E-state index in [-0.39, 0.29) is 11.5 Å². The molecule has 116 valence electrons. The molecule has 0 atom stereocenters. The van der Waals surface area contributed by atoms with Crippen LogP contribution in [0.5, 0.6) is 0 Å². The van der Waals surface area contributed by atoms with Gasteiger partial charge in [0.2, 0.25) is 5.91 Å². The second-order valence-electron chi connectivity index (χ2n) is 5.12. The highest BCUT2D eigenvalue weighted by Crippen LogP contribution is 2.05. The molecule has 2 rings (SSSR count). The SMILES string of the molecule is Cn1cc(CCC(=O)NCCc2ccc(C(=O)O)cc2)cn1. The number of aromatic carboxylic acids is 1. The van der Waals surface area contributed by atoms with Gasteiger partial charge in [-0.1, -0.05) is 12.1 Å². The van der Waals surface area contributed by atoms with Gasteiger partial charge in [0, 0.05) is 26.2 Å². The first kappa shape index (κ1) is 15.8. The largest absolute Gasteiger partial charge is 0.478 e. The molecule has 0 unspecified atom stereocenters. The average Bonchev–Trinajstić information content (AvgIpc) is 2.91. The average molecular weight is 301 g/mol. The van der Waals surface area contributed by atoms with Crippen molar-refractivity contribution in [1.29, 1.82) is 0 Å². The van der Waals surface area contributed by atoms with Gasteiger partial charge >= 0.3 is 5.97 Å². The topological polar surface area (TPSA) is 84.2 Å². The first-order chi connectivity index (χ1) is 10.5. The van der Waals surface area contributed by atoms with Gasteiger partial charge in [0.05, 0.1) is 11.8 Å². The molecule has 1 heterocycles. The number of carbonyl (C=O) groups is 2. The zero-order chi connectivity index (χ0) is 15.9. The first-order valence-corrected chi connectivity index (χ1v) is 7.11. The quantitative estimate of drug-likeness (QED) is 0.810. The van der Waals surface area contributed by atoms with E-state index in [2.05, 4.69) is 10.4 Å². The van der Waals surface area contributed by atoms with Gasteiger partial charge < -0.3 is 10.4 Å². The van der Waals surface area contributed by atoms with Gasteiger partial charge in [-0.15, -0.1) is 0 Å². The van der Waals surface area contributed by atoms with Crippen LogP contribution in [0.1, 0.15) is 27.9 Å². The molecular weight excluding hydrogens is 282 g/mol. The first-order valence-electron chi connectivity index (χ1n) is 7.11. The van der Waals surface area contributed by atoms with Crippen molar-refractivity contribution in [1.82, 2.24) is 15.1 Å². The van der Waals surface area contributed by atoms with Crippen molar-refractivity contribution in [3.05, 3.63) is 53.3 Å². The van der Waals surface area contributed by atoms with Crippen LogP contribution in [0, 0.1) is 0 Å². The van der Waals surface area contributed by atoms with E-state index < -0.39 is 5.97 Å². The third-order valence-corrected chi connectivity index (χ3v) is 3.34. The Morgan fingerprint density at radius 2 is 1.91 bits per heavy atom. The number of nitrogens with zero attached hydrogens (tertiary/aromatic N) is 2. The summed E-state index contributed by atoms with van der Waals surface area (Å²) in [5, 5.41) is 15.7. The molecule has 1 aromatic heterocycles. The zero-order valence-electron chi connectivity index (χ0n) is 12.5. The molecule has 2 aromatic rings. The highest BCUT2D eigenvalue weighted by molar-refractivity contribution is 5.87. The second-order valence-corrected chi connectivity index (χ2v) is 5.12. The number of rotatable bonds is 7. The summed E-state index contributed by atoms with van der Waals surface area (Å²) in [6.45, 7) is 0.540. The molecule has 6 nitrogen and oxygen atoms in total. The molecule has 1 amide bonds. The lowest BCUT2D eigenvalue weighted by molar-refractivity contribution is -0.121. The fourth-order valence-corrected chi connectivity index (χ4v) is 2.11. The third-order valence-electron chi connectivity index (χ3n) is 3.34. The van der Waals surface area contributed by atoms with Gasteiger partial charge in [0.1, 0.15) is 0 Å². The molecule has 0 aliphatic heterocycles. The molecule has 0 bridgehead atoms. The Labute approximate surface area is 128 Å². The van der Waals surface area contributed by atoms with Crippen molar-refractivity contribution in [2.24, 2.45) is 7.05 Å². The maximum absolute atomic E-state index is 11.7. The molecule has 2 N–H and O–H groups in total. The molecule has 1 aromatic carbocycles. The fraction of sp³-hybridized carbons (Fsp3) is 0.312. The molecule has 0 saturated carbocycles. The molecule has 0 saturated heterocycles. The normalized spacial score (nSPS) is 10.4. The molecular formula is C16H19N3O3. The summed E-state index contributed by atoms with van der Waals surface area (Å²) >= 11 is 0. The van der Waals surface area contributed by atoms with Gasteiger partial charge in [-0.25, -0.2) is 4.79 Å². The number of aromatic nitrogens is 2. The van der Waals surface area contributed by atoms with E-state index in [1.165, 1.54) is 0 Å². The summed E-state index contributed by atoms with van der Waals surface area (Å²) in [4.78, 5) is 22.5. The second kappa shape index (κ2) is 7.40. The van der Waals surface area contributed by atoms with Crippen molar-refractivity contribution in [3.63, 3.8) is 0 Å². The summed E-state index contributed by atoms with van der Waals surface area (Å²) in [6.07, 6.45) is 5.45. The zero-order valence-corrected chi connectivity index (χ0v) is 12.5. The maximum Gasteiger partial charge on any atom is 0.335 e. The minimum Gasteiger partial charge on any atom is -0.478 e. The van der Waals surface area contributed by atoms with Crippen molar-refractivity contribution in [3.8, 4) is 0 Å². The number of hydrogen-bond donors (Lipinski definition) is 2. The summed E-state index contributed by atoms with van der Waals surface area (Å²) < 4.78 is 1.72. The summed E-state index contributed by atoms with van der Waals surface area (Å²) in [5.74, 6) is -0.929. The number of carbonyl (C=O) groups excluding carboxylic acids is 1. The Balaban J connectivity index is 1.69. The summed E-state index contributed by atoms with van der Waals surface area (Å²) in [7, 11) is 1.85. The van der Waals surface area contributed by atoms with Crippen molar-refractivity contribution in [2.75, 3.05) is 6.54 Å². The van der Waals surface area contributed by atoms with Crippen molar-refractivity contribution in [2.45, 2.75) is 19.3 Å². The highest BCUT2D eigenvalue weighted by Gasteiger charge is 2.04. The van der Waals surface area contributed by atoms with Crippen molar-refractivity contribution < 1.29 is 14.7 Å². The number of carboxylic acids is 1. The number of amides is 1. The van der Waals surface area contributed by atoms with E-state index in [1.807, 2.05) is 13.2 Å². The highest BCUT2D eigenvalue weighted by atomic mass is 16.4. The number of nitrogens with one attached hydrogen (secondary N) is 1. The molecule has 0 aliphatic carbocycles. The molecule has 0 aliphatic rings. The van der Waals surface area contributed by atoms with Crippen LogP contribution >= 0.6 is 0 Å². The van der Waals surface area contributed by atoms with E-state index in [4.69, 9.17) is 5.11 Å². The monoisotopic (exact) mass is 301 g/mol. The lowest BCUT2D eigenvalue weighted by Gasteiger charge is -2.05. The minimum atomic E-state index is -0.935. The third kappa shape index (κ3) is 4.73. The maximum atomic E-state index is 11.7. The predicted molar refractivity (Wildman–Crippen MR) is 81.6 cm³/mol. The van der Waals surface area contributed by atoms with Gasteiger partial charge in [-0.05, 0) is 36.1 Å². The van der Waals surface area contributed by atoms with Crippen LogP contribution in [-0.2, 0) is 24.7 Å². The van der Waals surface area contributed by atoms with Crippen LogP contribution in [-0.4, -0.2) is 33.3 Å². The van der Waals surface area contributed by atoms with Crippen LogP contribution in [0.4, 0.5) is 0 Å². The lowest BCUT2D eigenvalue weighted by Crippen LogP contribution is -2.25. The van der Waals surface area contributed by atoms with Crippen LogP contribution in [0.15, 0.2) is 36.7 Å². The fourth-order valence-electron chi connectivity index (χ4n) is 2.11. The number of hydrogen-bond acceptors (Lipinski definition) is 3. The van der Waals surface area contributed by atoms with Gasteiger partial charge in [-0.2, -0.15) is 5.10 Å². The van der Waals surface area contributed by atoms with Crippen molar-refractivity contribution >= 4 is 11.9 Å². The van der Waals surface area contributed by atoms with Crippen LogP contribution < -0.4 is 5.32 Å². The minimum absolute atomic E-state index is 0.00556. The molecule has 22 heavy (non-hydrogen) atoms. The predicted octanol–water partition coefficient (Wildman–Crippen LogP) is 1.41. The Kier molecular flexibility index (Phi) is 5.30. The van der Waals surface area contributed by atoms with Crippen LogP contribution in [0.25, 0.3) is 0 Å². The summed E-state index contributed by atoms with van der Waals surface area (Å²) in [5.41, 5.74) is 2.31. The lowest BCUT2D eigenvalue weighted by atomic mass is 10.1. The number of aryl methyl sites for hydroxylation is 2. The van der Waals surface area contributed by atoms with Gasteiger partial charge in [-0.3, -0.25) is 9.48 Å². The van der Waals surface area contributed by atoms with E-state index in [0.717, 1.165) is 11.1 Å². The summed E-state index contributed by atoms with van der Waals surface area (Å²) in [6, 6.07) is 6.68. The Bertz CT molecular complexity index is 647. The van der Waals surface area contributed by atoms with E-state index in [9.17, 15) is 9.59 Å². The van der Waals surface area contributed by atoms with E-state index in [0.29, 0.717) is 25.8 Å². The van der Waals surface area contributed by atoms with E-state index in [1.54, 1.807) is 35.1 Å². The molecule has 0 radical (unpaired) electrons. The standard InChI is InChI=1S/C16H19N3O3/c1-19-11-13(10-18-19)4-7-15(20)17-9-8-12-2-5-14(6-3-12)16(21)22/h2-3,5-6,10-11H,4,7-9H2,1H3,(H,17,20)(H,21,22).